The van der Waals surface area contributed by atoms with Crippen molar-refractivity contribution in [2.45, 2.75) is 72.7 Å². The maximum Gasteiger partial charge on any atom is 0.351 e. The highest BCUT2D eigenvalue weighted by Gasteiger charge is 2.65. The second-order valence-corrected chi connectivity index (χ2v) is 9.19. The van der Waals surface area contributed by atoms with Gasteiger partial charge in [-0.25, -0.2) is 14.4 Å². The monoisotopic (exact) mass is 442 g/mol. The molecule has 1 aliphatic heterocycles. The van der Waals surface area contributed by atoms with Crippen LogP contribution in [-0.2, 0) is 33.4 Å². The Balaban J connectivity index is 2.11. The Hall–Kier alpha value is -2.96. The van der Waals surface area contributed by atoms with Crippen LogP contribution in [0.25, 0.3) is 0 Å². The molecule has 172 valence electrons. The van der Waals surface area contributed by atoms with Crippen LogP contribution < -0.4 is 0 Å². The molecule has 0 aromatic heterocycles. The van der Waals surface area contributed by atoms with Crippen molar-refractivity contribution in [3.05, 3.63) is 46.1 Å². The summed E-state index contributed by atoms with van der Waals surface area (Å²) in [5, 5.41) is 0. The van der Waals surface area contributed by atoms with Crippen LogP contribution in [0.15, 0.2) is 46.1 Å². The summed E-state index contributed by atoms with van der Waals surface area (Å²) < 4.78 is 17.3. The summed E-state index contributed by atoms with van der Waals surface area (Å²) in [6.07, 6.45) is 3.09. The van der Waals surface area contributed by atoms with Crippen LogP contribution in [0, 0.1) is 11.8 Å². The SMILES string of the molecule is C/C=C(\C)C(=O)O[C@H]1CC(C)=C2C(=O)C=C(C)[C@H]2[C@@H]2OC(=O)[C@@](C)(OC(=O)C=C(C)C)C12. The van der Waals surface area contributed by atoms with Crippen molar-refractivity contribution in [1.82, 2.24) is 0 Å². The van der Waals surface area contributed by atoms with E-state index in [-0.39, 0.29) is 12.2 Å². The van der Waals surface area contributed by atoms with Gasteiger partial charge in [0.2, 0.25) is 5.60 Å². The molecule has 7 nitrogen and oxygen atoms in total. The van der Waals surface area contributed by atoms with E-state index in [1.807, 2.05) is 13.8 Å². The maximum absolute atomic E-state index is 13.1. The van der Waals surface area contributed by atoms with Gasteiger partial charge in [-0.15, -0.1) is 0 Å². The van der Waals surface area contributed by atoms with Gasteiger partial charge in [0.15, 0.2) is 5.78 Å². The summed E-state index contributed by atoms with van der Waals surface area (Å²) in [4.78, 5) is 51.0. The van der Waals surface area contributed by atoms with Gasteiger partial charge in [-0.3, -0.25) is 4.79 Å². The Morgan fingerprint density at radius 3 is 2.44 bits per heavy atom. The first-order chi connectivity index (χ1) is 14.9. The van der Waals surface area contributed by atoms with Crippen LogP contribution in [0.4, 0.5) is 0 Å². The smallest absolute Gasteiger partial charge is 0.351 e. The number of ketones is 1. The van der Waals surface area contributed by atoms with Gasteiger partial charge in [0.05, 0.1) is 5.92 Å². The van der Waals surface area contributed by atoms with E-state index in [9.17, 15) is 19.2 Å². The molecule has 1 heterocycles. The summed E-state index contributed by atoms with van der Waals surface area (Å²) in [7, 11) is 0. The van der Waals surface area contributed by atoms with Crippen LogP contribution in [0.3, 0.4) is 0 Å². The second-order valence-electron chi connectivity index (χ2n) is 9.19. The fraction of sp³-hybridized carbons (Fsp3) is 0.520. The van der Waals surface area contributed by atoms with E-state index in [1.54, 1.807) is 39.8 Å². The Morgan fingerprint density at radius 1 is 1.19 bits per heavy atom. The predicted octanol–water partition coefficient (Wildman–Crippen LogP) is 3.54. The number of esters is 3. The molecule has 1 unspecified atom stereocenters. The van der Waals surface area contributed by atoms with E-state index >= 15 is 0 Å². The van der Waals surface area contributed by atoms with Crippen LogP contribution >= 0.6 is 0 Å². The largest absolute Gasteiger partial charge is 0.458 e. The van der Waals surface area contributed by atoms with Gasteiger partial charge in [-0.1, -0.05) is 22.8 Å². The third-order valence-corrected chi connectivity index (χ3v) is 6.49. The number of allylic oxidation sites excluding steroid dienone is 3. The topological polar surface area (TPSA) is 96.0 Å². The molecule has 0 aromatic rings. The van der Waals surface area contributed by atoms with E-state index < -0.39 is 47.6 Å². The van der Waals surface area contributed by atoms with Crippen molar-refractivity contribution in [3.63, 3.8) is 0 Å². The van der Waals surface area contributed by atoms with Crippen LogP contribution in [0.2, 0.25) is 0 Å². The number of rotatable bonds is 4. The molecule has 2 aliphatic carbocycles. The average Bonchev–Trinajstić information content (AvgIpc) is 3.06. The quantitative estimate of drug-likeness (QED) is 0.373. The molecule has 3 rings (SSSR count). The summed E-state index contributed by atoms with van der Waals surface area (Å²) >= 11 is 0. The van der Waals surface area contributed by atoms with Crippen molar-refractivity contribution in [2.75, 3.05) is 0 Å². The minimum absolute atomic E-state index is 0.133. The zero-order valence-corrected chi connectivity index (χ0v) is 19.6. The summed E-state index contributed by atoms with van der Waals surface area (Å²) in [6, 6.07) is 0. The Morgan fingerprint density at radius 2 is 1.84 bits per heavy atom. The first kappa shape index (κ1) is 23.7. The molecule has 7 heteroatoms. The lowest BCUT2D eigenvalue weighted by Crippen LogP contribution is -2.50. The van der Waals surface area contributed by atoms with Gasteiger partial charge in [0.1, 0.15) is 12.2 Å². The number of hydrogen-bond donors (Lipinski definition) is 0. The summed E-state index contributed by atoms with van der Waals surface area (Å²) in [6.45, 7) is 12.0. The summed E-state index contributed by atoms with van der Waals surface area (Å²) in [5.41, 5.74) is 1.55. The zero-order valence-electron chi connectivity index (χ0n) is 19.6. The highest BCUT2D eigenvalue weighted by molar-refractivity contribution is 6.09. The van der Waals surface area contributed by atoms with Gasteiger partial charge in [-0.2, -0.15) is 0 Å². The minimum Gasteiger partial charge on any atom is -0.458 e. The zero-order chi connectivity index (χ0) is 24.0. The first-order valence-corrected chi connectivity index (χ1v) is 10.8. The maximum atomic E-state index is 13.1. The first-order valence-electron chi connectivity index (χ1n) is 10.8. The molecule has 0 spiro atoms. The van der Waals surface area contributed by atoms with Gasteiger partial charge in [0, 0.05) is 29.6 Å². The molecule has 3 aliphatic rings. The standard InChI is InChI=1S/C25H30O7/c1-8-13(4)23(28)30-17-11-15(6)19-16(26)10-14(5)20(19)22-21(17)25(7,24(29)31-22)32-18(27)9-12(2)3/h8-10,17,20-22H,11H2,1-7H3/b13-8+/t17-,20+,21?,22-,25-/m0/s1. The fourth-order valence-corrected chi connectivity index (χ4v) is 4.85. The molecule has 0 saturated carbocycles. The van der Waals surface area contributed by atoms with Crippen LogP contribution in [0.5, 0.6) is 0 Å². The van der Waals surface area contributed by atoms with Crippen molar-refractivity contribution < 1.29 is 33.4 Å². The predicted molar refractivity (Wildman–Crippen MR) is 116 cm³/mol. The van der Waals surface area contributed by atoms with E-state index in [4.69, 9.17) is 14.2 Å². The highest BCUT2D eigenvalue weighted by Crippen LogP contribution is 2.51. The molecule has 1 saturated heterocycles. The average molecular weight is 443 g/mol. The van der Waals surface area contributed by atoms with E-state index in [0.29, 0.717) is 16.7 Å². The van der Waals surface area contributed by atoms with E-state index in [2.05, 4.69) is 0 Å². The lowest BCUT2D eigenvalue weighted by atomic mass is 9.77. The van der Waals surface area contributed by atoms with Gasteiger partial charge in [0.25, 0.3) is 0 Å². The van der Waals surface area contributed by atoms with Crippen molar-refractivity contribution >= 4 is 23.7 Å². The van der Waals surface area contributed by atoms with E-state index in [0.717, 1.165) is 11.1 Å². The number of ether oxygens (including phenoxy) is 3. The van der Waals surface area contributed by atoms with Crippen LogP contribution in [-0.4, -0.2) is 41.5 Å². The minimum atomic E-state index is -1.68. The number of carbonyl (C=O) groups is 4. The van der Waals surface area contributed by atoms with E-state index in [1.165, 1.54) is 13.0 Å². The number of fused-ring (bicyclic) bond motifs is 3. The third-order valence-electron chi connectivity index (χ3n) is 6.49. The third kappa shape index (κ3) is 3.96. The molecule has 32 heavy (non-hydrogen) atoms. The molecule has 0 bridgehead atoms. The Labute approximate surface area is 188 Å². The second kappa shape index (κ2) is 8.52. The molecule has 5 atom stereocenters. The number of carbonyl (C=O) groups excluding carboxylic acids is 4. The Kier molecular flexibility index (Phi) is 6.31. The Bertz CT molecular complexity index is 1010. The summed E-state index contributed by atoms with van der Waals surface area (Å²) in [5.74, 6) is -3.30. The number of hydrogen-bond acceptors (Lipinski definition) is 7. The molecule has 0 aromatic carbocycles. The molecular weight excluding hydrogens is 412 g/mol. The molecular formula is C25H30O7. The van der Waals surface area contributed by atoms with Crippen molar-refractivity contribution in [3.8, 4) is 0 Å². The normalized spacial score (nSPS) is 31.8. The lowest BCUT2D eigenvalue weighted by Gasteiger charge is -2.34. The molecule has 0 radical (unpaired) electrons. The van der Waals surface area contributed by atoms with Gasteiger partial charge < -0.3 is 14.2 Å². The molecule has 0 amide bonds. The molecule has 0 N–H and O–H groups in total. The van der Waals surface area contributed by atoms with Gasteiger partial charge >= 0.3 is 17.9 Å². The van der Waals surface area contributed by atoms with Crippen molar-refractivity contribution in [1.29, 1.82) is 0 Å². The fourth-order valence-electron chi connectivity index (χ4n) is 4.85. The van der Waals surface area contributed by atoms with Crippen LogP contribution in [0.1, 0.15) is 54.9 Å². The highest BCUT2D eigenvalue weighted by atomic mass is 16.6. The lowest BCUT2D eigenvalue weighted by molar-refractivity contribution is -0.174. The van der Waals surface area contributed by atoms with Gasteiger partial charge in [-0.05, 0) is 54.5 Å². The molecule has 1 fully saturated rings. The van der Waals surface area contributed by atoms with Crippen molar-refractivity contribution in [2.24, 2.45) is 11.8 Å².